The highest BCUT2D eigenvalue weighted by Crippen LogP contribution is 2.26. The number of carboxylic acids is 1. The van der Waals surface area contributed by atoms with Gasteiger partial charge in [0.15, 0.2) is 5.69 Å². The number of anilines is 1. The molecule has 2 aromatic heterocycles. The standard InChI is InChI=1S/C25H22ClN5O3.ClH/c1-16-14-21(24(33)34)28-25(27-16)31-15-20(19-4-2-3-5-22(19)31)23(32)30-12-10-29(11-13-30)18-8-6-17(26)7-9-18;/h2-9,14-15H,10-13H2,1H3,(H,33,34);1H. The normalized spacial score (nSPS) is 13.5. The zero-order valence-electron chi connectivity index (χ0n) is 18.9. The average Bonchev–Trinajstić information content (AvgIpc) is 3.23. The van der Waals surface area contributed by atoms with Crippen molar-refractivity contribution in [2.24, 2.45) is 0 Å². The fourth-order valence-electron chi connectivity index (χ4n) is 4.28. The van der Waals surface area contributed by atoms with Gasteiger partial charge < -0.3 is 14.9 Å². The molecule has 8 nitrogen and oxygen atoms in total. The van der Waals surface area contributed by atoms with E-state index in [2.05, 4.69) is 14.9 Å². The number of aromatic carboxylic acids is 1. The van der Waals surface area contributed by atoms with Crippen molar-refractivity contribution in [1.29, 1.82) is 0 Å². The number of piperazine rings is 1. The van der Waals surface area contributed by atoms with Crippen LogP contribution in [0.4, 0.5) is 5.69 Å². The number of carbonyl (C=O) groups is 2. The number of carbonyl (C=O) groups excluding carboxylic acids is 1. The number of benzene rings is 2. The minimum atomic E-state index is -1.13. The van der Waals surface area contributed by atoms with E-state index >= 15 is 0 Å². The number of para-hydroxylation sites is 1. The third-order valence-corrected chi connectivity index (χ3v) is 6.23. The van der Waals surface area contributed by atoms with E-state index in [4.69, 9.17) is 11.6 Å². The SMILES string of the molecule is Cc1cc(C(=O)O)nc(-n2cc(C(=O)N3CCN(c4ccc(Cl)cc4)CC3)c3ccccc32)n1.Cl. The fraction of sp³-hybridized carbons (Fsp3) is 0.200. The van der Waals surface area contributed by atoms with Crippen LogP contribution < -0.4 is 4.90 Å². The first-order valence-corrected chi connectivity index (χ1v) is 11.3. The molecule has 4 aromatic rings. The van der Waals surface area contributed by atoms with Crippen LogP contribution >= 0.6 is 24.0 Å². The van der Waals surface area contributed by atoms with Crippen LogP contribution in [0.5, 0.6) is 0 Å². The quantitative estimate of drug-likeness (QED) is 0.434. The monoisotopic (exact) mass is 511 g/mol. The van der Waals surface area contributed by atoms with E-state index in [9.17, 15) is 14.7 Å². The highest BCUT2D eigenvalue weighted by molar-refractivity contribution is 6.30. The summed E-state index contributed by atoms with van der Waals surface area (Å²) in [5.41, 5.74) is 2.81. The Morgan fingerprint density at radius 2 is 1.66 bits per heavy atom. The van der Waals surface area contributed by atoms with Gasteiger partial charge in [-0.15, -0.1) is 12.4 Å². The summed E-state index contributed by atoms with van der Waals surface area (Å²) in [5.74, 6) is -0.977. The van der Waals surface area contributed by atoms with Gasteiger partial charge in [-0.05, 0) is 43.3 Å². The number of halogens is 2. The lowest BCUT2D eigenvalue weighted by Gasteiger charge is -2.36. The summed E-state index contributed by atoms with van der Waals surface area (Å²) in [5, 5.41) is 10.9. The molecule has 1 aliphatic heterocycles. The first-order chi connectivity index (χ1) is 16.4. The summed E-state index contributed by atoms with van der Waals surface area (Å²) < 4.78 is 1.69. The zero-order valence-corrected chi connectivity index (χ0v) is 20.5. The third-order valence-electron chi connectivity index (χ3n) is 5.98. The van der Waals surface area contributed by atoms with Crippen LogP contribution in [-0.2, 0) is 0 Å². The first kappa shape index (κ1) is 24.5. The number of hydrogen-bond acceptors (Lipinski definition) is 5. The summed E-state index contributed by atoms with van der Waals surface area (Å²) in [6.45, 7) is 4.33. The van der Waals surface area contributed by atoms with Crippen molar-refractivity contribution in [2.75, 3.05) is 31.1 Å². The number of fused-ring (bicyclic) bond motifs is 1. The second-order valence-electron chi connectivity index (χ2n) is 8.19. The van der Waals surface area contributed by atoms with Gasteiger partial charge >= 0.3 is 5.97 Å². The summed E-state index contributed by atoms with van der Waals surface area (Å²) in [7, 11) is 0. The van der Waals surface area contributed by atoms with E-state index < -0.39 is 5.97 Å². The van der Waals surface area contributed by atoms with Crippen molar-refractivity contribution in [3.8, 4) is 5.95 Å². The van der Waals surface area contributed by atoms with Crippen LogP contribution in [0.2, 0.25) is 5.02 Å². The molecule has 0 spiro atoms. The molecule has 1 fully saturated rings. The summed E-state index contributed by atoms with van der Waals surface area (Å²) in [6, 6.07) is 16.6. The van der Waals surface area contributed by atoms with Gasteiger partial charge in [-0.3, -0.25) is 9.36 Å². The number of amides is 1. The third kappa shape index (κ3) is 4.80. The largest absolute Gasteiger partial charge is 0.477 e. The van der Waals surface area contributed by atoms with Crippen molar-refractivity contribution in [2.45, 2.75) is 6.92 Å². The topological polar surface area (TPSA) is 91.6 Å². The minimum absolute atomic E-state index is 0. The van der Waals surface area contributed by atoms with Gasteiger partial charge in [-0.25, -0.2) is 14.8 Å². The van der Waals surface area contributed by atoms with E-state index in [1.807, 2.05) is 53.4 Å². The number of carboxylic acid groups (broad SMARTS) is 1. The molecule has 0 saturated carbocycles. The molecule has 180 valence electrons. The lowest BCUT2D eigenvalue weighted by atomic mass is 10.1. The molecule has 0 radical (unpaired) electrons. The molecule has 1 saturated heterocycles. The Bertz CT molecular complexity index is 1400. The molecule has 2 aromatic carbocycles. The average molecular weight is 512 g/mol. The molecular weight excluding hydrogens is 489 g/mol. The highest BCUT2D eigenvalue weighted by Gasteiger charge is 2.26. The van der Waals surface area contributed by atoms with Gasteiger partial charge in [-0.2, -0.15) is 0 Å². The molecule has 1 aliphatic rings. The van der Waals surface area contributed by atoms with Crippen LogP contribution in [0, 0.1) is 6.92 Å². The molecule has 1 amide bonds. The van der Waals surface area contributed by atoms with Gasteiger partial charge in [0.1, 0.15) is 0 Å². The predicted octanol–water partition coefficient (Wildman–Crippen LogP) is 4.46. The lowest BCUT2D eigenvalue weighted by Crippen LogP contribution is -2.48. The second-order valence-corrected chi connectivity index (χ2v) is 8.62. The van der Waals surface area contributed by atoms with Crippen LogP contribution in [0.3, 0.4) is 0 Å². The smallest absolute Gasteiger partial charge is 0.354 e. The summed E-state index contributed by atoms with van der Waals surface area (Å²) >= 11 is 6.00. The van der Waals surface area contributed by atoms with Crippen molar-refractivity contribution < 1.29 is 14.7 Å². The Hall–Kier alpha value is -3.62. The maximum atomic E-state index is 13.5. The van der Waals surface area contributed by atoms with Crippen LogP contribution in [0.1, 0.15) is 26.5 Å². The molecule has 0 bridgehead atoms. The Kier molecular flexibility index (Phi) is 6.95. The maximum Gasteiger partial charge on any atom is 0.354 e. The van der Waals surface area contributed by atoms with Gasteiger partial charge in [-0.1, -0.05) is 29.8 Å². The molecule has 0 unspecified atom stereocenters. The Balaban J connectivity index is 0.00000289. The number of aryl methyl sites for hydroxylation is 1. The second kappa shape index (κ2) is 9.93. The number of rotatable bonds is 4. The van der Waals surface area contributed by atoms with E-state index in [1.54, 1.807) is 17.7 Å². The van der Waals surface area contributed by atoms with Gasteiger partial charge in [0.2, 0.25) is 5.95 Å². The van der Waals surface area contributed by atoms with Crippen molar-refractivity contribution >= 4 is 52.5 Å². The molecule has 5 rings (SSSR count). The van der Waals surface area contributed by atoms with E-state index in [0.29, 0.717) is 29.4 Å². The molecule has 0 atom stereocenters. The molecule has 0 aliphatic carbocycles. The van der Waals surface area contributed by atoms with Gasteiger partial charge in [0.05, 0.1) is 11.1 Å². The molecule has 1 N–H and O–H groups in total. The molecular formula is C25H23Cl2N5O3. The zero-order chi connectivity index (χ0) is 23.8. The van der Waals surface area contributed by atoms with Crippen LogP contribution in [0.25, 0.3) is 16.9 Å². The Morgan fingerprint density at radius 3 is 2.34 bits per heavy atom. The van der Waals surface area contributed by atoms with E-state index in [-0.39, 0.29) is 30.0 Å². The van der Waals surface area contributed by atoms with Gasteiger partial charge in [0, 0.05) is 54.2 Å². The van der Waals surface area contributed by atoms with Crippen molar-refractivity contribution in [3.05, 3.63) is 82.8 Å². The predicted molar refractivity (Wildman–Crippen MR) is 137 cm³/mol. The van der Waals surface area contributed by atoms with E-state index in [1.165, 1.54) is 6.07 Å². The van der Waals surface area contributed by atoms with Crippen molar-refractivity contribution in [1.82, 2.24) is 19.4 Å². The van der Waals surface area contributed by atoms with Gasteiger partial charge in [0.25, 0.3) is 5.91 Å². The number of hydrogen-bond donors (Lipinski definition) is 1. The highest BCUT2D eigenvalue weighted by atomic mass is 35.5. The Morgan fingerprint density at radius 1 is 0.971 bits per heavy atom. The minimum Gasteiger partial charge on any atom is -0.477 e. The number of aromatic nitrogens is 3. The molecule has 35 heavy (non-hydrogen) atoms. The van der Waals surface area contributed by atoms with Crippen LogP contribution in [-0.4, -0.2) is 62.6 Å². The van der Waals surface area contributed by atoms with Crippen molar-refractivity contribution in [3.63, 3.8) is 0 Å². The maximum absolute atomic E-state index is 13.5. The Labute approximate surface area is 213 Å². The molecule has 10 heteroatoms. The summed E-state index contributed by atoms with van der Waals surface area (Å²) in [4.78, 5) is 37.7. The van der Waals surface area contributed by atoms with Crippen LogP contribution in [0.15, 0.2) is 60.8 Å². The molecule has 3 heterocycles. The summed E-state index contributed by atoms with van der Waals surface area (Å²) in [6.07, 6.45) is 1.71. The first-order valence-electron chi connectivity index (χ1n) is 10.9. The lowest BCUT2D eigenvalue weighted by molar-refractivity contribution is 0.0688. The van der Waals surface area contributed by atoms with E-state index in [0.717, 1.165) is 29.7 Å². The number of nitrogens with zero attached hydrogens (tertiary/aromatic N) is 5. The fourth-order valence-corrected chi connectivity index (χ4v) is 4.40.